The second-order valence-corrected chi connectivity index (χ2v) is 6.94. The summed E-state index contributed by atoms with van der Waals surface area (Å²) >= 11 is 5.14. The molecular weight excluding hydrogens is 330 g/mol. The molecule has 0 bridgehead atoms. The van der Waals surface area contributed by atoms with Crippen LogP contribution in [-0.4, -0.2) is 0 Å². The number of rotatable bonds is 3. The molecule has 0 aliphatic carbocycles. The highest BCUT2D eigenvalue weighted by Gasteiger charge is 2.10. The summed E-state index contributed by atoms with van der Waals surface area (Å²) in [5, 5.41) is 2.10. The molecule has 3 rings (SSSR count). The first-order valence-electron chi connectivity index (χ1n) is 6.39. The highest BCUT2D eigenvalue weighted by atomic mass is 79.9. The fourth-order valence-corrected chi connectivity index (χ4v) is 3.40. The molecule has 0 spiro atoms. The van der Waals surface area contributed by atoms with Crippen molar-refractivity contribution in [2.45, 2.75) is 6.04 Å². The number of halogens is 1. The molecule has 1 aromatic heterocycles. The summed E-state index contributed by atoms with van der Waals surface area (Å²) in [6.07, 6.45) is 0. The van der Waals surface area contributed by atoms with Crippen LogP contribution >= 0.6 is 27.3 Å². The molecule has 1 nitrogen and oxygen atoms in total. The number of hydrogen-bond donors (Lipinski definition) is 1. The highest BCUT2D eigenvalue weighted by Crippen LogP contribution is 2.29. The Bertz CT molecular complexity index is 689. The Hall–Kier alpha value is -1.42. The molecule has 0 fully saturated rings. The molecule has 2 aromatic carbocycles. The predicted octanol–water partition coefficient (Wildman–Crippen LogP) is 5.23. The Labute approximate surface area is 131 Å². The lowest BCUT2D eigenvalue weighted by Gasteiger charge is -2.11. The minimum Gasteiger partial charge on any atom is -0.320 e. The standard InChI is InChI=1S/C17H14BrNS/c18-16-10-15(11-20-16)17(19)14-8-6-13(7-9-14)12-4-2-1-3-5-12/h1-11,17H,19H2. The van der Waals surface area contributed by atoms with Gasteiger partial charge in [-0.1, -0.05) is 54.6 Å². The van der Waals surface area contributed by atoms with Crippen molar-refractivity contribution < 1.29 is 0 Å². The zero-order chi connectivity index (χ0) is 13.9. The molecule has 100 valence electrons. The normalized spacial score (nSPS) is 12.3. The van der Waals surface area contributed by atoms with Gasteiger partial charge >= 0.3 is 0 Å². The van der Waals surface area contributed by atoms with E-state index >= 15 is 0 Å². The molecule has 2 N–H and O–H groups in total. The summed E-state index contributed by atoms with van der Waals surface area (Å²) in [4.78, 5) is 0. The van der Waals surface area contributed by atoms with Crippen molar-refractivity contribution in [1.29, 1.82) is 0 Å². The molecule has 0 aliphatic heterocycles. The van der Waals surface area contributed by atoms with E-state index in [9.17, 15) is 0 Å². The third-order valence-electron chi connectivity index (χ3n) is 3.32. The minimum atomic E-state index is -0.0672. The van der Waals surface area contributed by atoms with Crippen LogP contribution in [0.25, 0.3) is 11.1 Å². The number of thiophene rings is 1. The average Bonchev–Trinajstić information content (AvgIpc) is 2.94. The van der Waals surface area contributed by atoms with Gasteiger partial charge in [-0.05, 0) is 49.6 Å². The molecule has 3 aromatic rings. The summed E-state index contributed by atoms with van der Waals surface area (Å²) in [6, 6.07) is 20.9. The first kappa shape index (κ1) is 13.6. The topological polar surface area (TPSA) is 26.0 Å². The van der Waals surface area contributed by atoms with Gasteiger partial charge in [-0.3, -0.25) is 0 Å². The van der Waals surface area contributed by atoms with E-state index in [1.54, 1.807) is 11.3 Å². The van der Waals surface area contributed by atoms with Crippen LogP contribution in [0.15, 0.2) is 69.8 Å². The lowest BCUT2D eigenvalue weighted by molar-refractivity contribution is 0.877. The summed E-state index contributed by atoms with van der Waals surface area (Å²) in [5.74, 6) is 0. The van der Waals surface area contributed by atoms with Crippen molar-refractivity contribution in [2.75, 3.05) is 0 Å². The minimum absolute atomic E-state index is 0.0672. The molecular formula is C17H14BrNS. The summed E-state index contributed by atoms with van der Waals surface area (Å²) in [7, 11) is 0. The molecule has 3 heteroatoms. The van der Waals surface area contributed by atoms with Gasteiger partial charge < -0.3 is 5.73 Å². The van der Waals surface area contributed by atoms with Gasteiger partial charge in [0.05, 0.1) is 9.83 Å². The van der Waals surface area contributed by atoms with Crippen LogP contribution in [0.1, 0.15) is 17.2 Å². The van der Waals surface area contributed by atoms with E-state index in [0.717, 1.165) is 14.9 Å². The molecule has 1 atom stereocenters. The number of nitrogens with two attached hydrogens (primary N) is 1. The number of benzene rings is 2. The third-order valence-corrected chi connectivity index (χ3v) is 4.85. The van der Waals surface area contributed by atoms with E-state index in [0.29, 0.717) is 0 Å². The maximum Gasteiger partial charge on any atom is 0.0701 e. The Morgan fingerprint density at radius 2 is 1.50 bits per heavy atom. The Morgan fingerprint density at radius 3 is 2.10 bits per heavy atom. The number of hydrogen-bond acceptors (Lipinski definition) is 2. The zero-order valence-electron chi connectivity index (χ0n) is 10.8. The maximum absolute atomic E-state index is 6.30. The van der Waals surface area contributed by atoms with Crippen LogP contribution in [0, 0.1) is 0 Å². The van der Waals surface area contributed by atoms with E-state index in [4.69, 9.17) is 5.73 Å². The zero-order valence-corrected chi connectivity index (χ0v) is 13.2. The van der Waals surface area contributed by atoms with Crippen LogP contribution in [0.2, 0.25) is 0 Å². The second kappa shape index (κ2) is 5.92. The summed E-state index contributed by atoms with van der Waals surface area (Å²) < 4.78 is 1.11. The van der Waals surface area contributed by atoms with Crippen LogP contribution in [-0.2, 0) is 0 Å². The lowest BCUT2D eigenvalue weighted by atomic mass is 9.98. The quantitative estimate of drug-likeness (QED) is 0.692. The molecule has 1 unspecified atom stereocenters. The largest absolute Gasteiger partial charge is 0.320 e. The smallest absolute Gasteiger partial charge is 0.0701 e. The van der Waals surface area contributed by atoms with E-state index in [2.05, 4.69) is 75.9 Å². The average molecular weight is 344 g/mol. The van der Waals surface area contributed by atoms with Gasteiger partial charge in [-0.15, -0.1) is 11.3 Å². The van der Waals surface area contributed by atoms with Gasteiger partial charge in [0, 0.05) is 0 Å². The predicted molar refractivity (Wildman–Crippen MR) is 89.9 cm³/mol. The van der Waals surface area contributed by atoms with Gasteiger partial charge in [-0.25, -0.2) is 0 Å². The van der Waals surface area contributed by atoms with Crippen molar-refractivity contribution >= 4 is 27.3 Å². The van der Waals surface area contributed by atoms with Gasteiger partial charge in [-0.2, -0.15) is 0 Å². The third kappa shape index (κ3) is 2.85. The van der Waals surface area contributed by atoms with Crippen molar-refractivity contribution in [1.82, 2.24) is 0 Å². The first-order valence-corrected chi connectivity index (χ1v) is 8.06. The SMILES string of the molecule is NC(c1ccc(-c2ccccc2)cc1)c1csc(Br)c1. The molecule has 0 radical (unpaired) electrons. The van der Waals surface area contributed by atoms with E-state index in [-0.39, 0.29) is 6.04 Å². The molecule has 20 heavy (non-hydrogen) atoms. The van der Waals surface area contributed by atoms with Gasteiger partial charge in [0.25, 0.3) is 0 Å². The molecule has 0 aliphatic rings. The lowest BCUT2D eigenvalue weighted by Crippen LogP contribution is -2.10. The van der Waals surface area contributed by atoms with Crippen LogP contribution in [0.4, 0.5) is 0 Å². The van der Waals surface area contributed by atoms with Crippen molar-refractivity contribution in [3.8, 4) is 11.1 Å². The van der Waals surface area contributed by atoms with Crippen molar-refractivity contribution in [3.63, 3.8) is 0 Å². The van der Waals surface area contributed by atoms with Crippen molar-refractivity contribution in [3.05, 3.63) is 81.0 Å². The van der Waals surface area contributed by atoms with E-state index < -0.39 is 0 Å². The highest BCUT2D eigenvalue weighted by molar-refractivity contribution is 9.11. The summed E-state index contributed by atoms with van der Waals surface area (Å²) in [6.45, 7) is 0. The Morgan fingerprint density at radius 1 is 0.850 bits per heavy atom. The van der Waals surface area contributed by atoms with E-state index in [1.165, 1.54) is 11.1 Å². The molecule has 0 saturated heterocycles. The molecule has 0 saturated carbocycles. The van der Waals surface area contributed by atoms with Gasteiger partial charge in [0.2, 0.25) is 0 Å². The van der Waals surface area contributed by atoms with Crippen molar-refractivity contribution in [2.24, 2.45) is 5.73 Å². The Kier molecular flexibility index (Phi) is 4.01. The first-order chi connectivity index (χ1) is 9.74. The maximum atomic E-state index is 6.30. The molecule has 1 heterocycles. The van der Waals surface area contributed by atoms with Gasteiger partial charge in [0.15, 0.2) is 0 Å². The van der Waals surface area contributed by atoms with Crippen LogP contribution in [0.3, 0.4) is 0 Å². The molecule has 0 amide bonds. The Balaban J connectivity index is 1.86. The van der Waals surface area contributed by atoms with E-state index in [1.807, 2.05) is 6.07 Å². The van der Waals surface area contributed by atoms with Crippen LogP contribution < -0.4 is 5.73 Å². The van der Waals surface area contributed by atoms with Crippen LogP contribution in [0.5, 0.6) is 0 Å². The second-order valence-electron chi connectivity index (χ2n) is 4.65. The fraction of sp³-hybridized carbons (Fsp3) is 0.0588. The summed E-state index contributed by atoms with van der Waals surface area (Å²) in [5.41, 5.74) is 11.0. The van der Waals surface area contributed by atoms with Gasteiger partial charge in [0.1, 0.15) is 0 Å². The fourth-order valence-electron chi connectivity index (χ4n) is 2.19. The monoisotopic (exact) mass is 343 g/mol.